The van der Waals surface area contributed by atoms with E-state index in [2.05, 4.69) is 0 Å². The van der Waals surface area contributed by atoms with Gasteiger partial charge in [0.2, 0.25) is 0 Å². The second-order valence-electron chi connectivity index (χ2n) is 3.42. The van der Waals surface area contributed by atoms with Gasteiger partial charge in [0.25, 0.3) is 5.92 Å². The third-order valence-electron chi connectivity index (χ3n) is 2.03. The molecule has 1 aromatic carbocycles. The van der Waals surface area contributed by atoms with Crippen LogP contribution in [-0.4, -0.2) is 5.11 Å². The lowest BCUT2D eigenvalue weighted by Gasteiger charge is -2.16. The zero-order valence-corrected chi connectivity index (χ0v) is 8.09. The highest BCUT2D eigenvalue weighted by Gasteiger charge is 2.29. The van der Waals surface area contributed by atoms with E-state index in [4.69, 9.17) is 5.73 Å². The molecular formula is C10H13F2NO. The molecule has 0 radical (unpaired) electrons. The average Bonchev–Trinajstić information content (AvgIpc) is 2.01. The van der Waals surface area contributed by atoms with Crippen molar-refractivity contribution in [2.75, 3.05) is 0 Å². The van der Waals surface area contributed by atoms with E-state index in [1.165, 1.54) is 18.2 Å². The van der Waals surface area contributed by atoms with Crippen LogP contribution in [0.3, 0.4) is 0 Å². The fourth-order valence-corrected chi connectivity index (χ4v) is 1.28. The highest BCUT2D eigenvalue weighted by molar-refractivity contribution is 5.43. The number of aromatic hydroxyl groups is 1. The minimum Gasteiger partial charge on any atom is -0.507 e. The van der Waals surface area contributed by atoms with Crippen LogP contribution in [0.15, 0.2) is 18.2 Å². The quantitative estimate of drug-likeness (QED) is 0.772. The van der Waals surface area contributed by atoms with Crippen LogP contribution >= 0.6 is 0 Å². The van der Waals surface area contributed by atoms with Crippen molar-refractivity contribution in [2.24, 2.45) is 5.73 Å². The van der Waals surface area contributed by atoms with E-state index in [-0.39, 0.29) is 5.56 Å². The third-order valence-corrected chi connectivity index (χ3v) is 2.03. The number of para-hydroxylation sites is 1. The van der Waals surface area contributed by atoms with Gasteiger partial charge in [0.05, 0.1) is 5.56 Å². The first kappa shape index (κ1) is 10.9. The van der Waals surface area contributed by atoms with Gasteiger partial charge in [-0.25, -0.2) is 8.78 Å². The maximum absolute atomic E-state index is 13.0. The van der Waals surface area contributed by atoms with E-state index in [1.54, 1.807) is 6.92 Å². The van der Waals surface area contributed by atoms with Gasteiger partial charge < -0.3 is 10.8 Å². The molecule has 0 unspecified atom stereocenters. The van der Waals surface area contributed by atoms with Crippen molar-refractivity contribution < 1.29 is 13.9 Å². The zero-order valence-electron chi connectivity index (χ0n) is 8.09. The molecule has 0 aliphatic rings. The van der Waals surface area contributed by atoms with Crippen LogP contribution in [0.5, 0.6) is 5.75 Å². The van der Waals surface area contributed by atoms with Crippen molar-refractivity contribution in [1.29, 1.82) is 0 Å². The smallest absolute Gasteiger partial charge is 0.274 e. The molecule has 0 saturated heterocycles. The summed E-state index contributed by atoms with van der Waals surface area (Å²) in [5.41, 5.74) is 5.48. The molecule has 0 bridgehead atoms. The summed E-state index contributed by atoms with van der Waals surface area (Å²) < 4.78 is 25.9. The van der Waals surface area contributed by atoms with Gasteiger partial charge in [0.1, 0.15) is 5.75 Å². The van der Waals surface area contributed by atoms with Crippen LogP contribution in [0.1, 0.15) is 31.0 Å². The van der Waals surface area contributed by atoms with Crippen molar-refractivity contribution in [3.63, 3.8) is 0 Å². The summed E-state index contributed by atoms with van der Waals surface area (Å²) in [6, 6.07) is 3.74. The number of benzene rings is 1. The molecule has 0 aliphatic carbocycles. The number of phenolic OH excluding ortho intramolecular Hbond substituents is 1. The second kappa shape index (κ2) is 3.53. The monoisotopic (exact) mass is 201 g/mol. The Morgan fingerprint density at radius 3 is 2.43 bits per heavy atom. The van der Waals surface area contributed by atoms with Crippen LogP contribution in [0, 0.1) is 0 Å². The lowest BCUT2D eigenvalue weighted by atomic mass is 10.0. The van der Waals surface area contributed by atoms with E-state index in [0.717, 1.165) is 6.92 Å². The molecule has 78 valence electrons. The Kier molecular flexibility index (Phi) is 2.76. The maximum atomic E-state index is 13.0. The molecule has 1 aromatic rings. The number of phenols is 1. The summed E-state index contributed by atoms with van der Waals surface area (Å²) in [5, 5.41) is 9.53. The van der Waals surface area contributed by atoms with Crippen LogP contribution in [-0.2, 0) is 5.92 Å². The van der Waals surface area contributed by atoms with Crippen molar-refractivity contribution in [2.45, 2.75) is 25.8 Å². The van der Waals surface area contributed by atoms with Crippen molar-refractivity contribution in [1.82, 2.24) is 0 Å². The summed E-state index contributed by atoms with van der Waals surface area (Å²) in [6.07, 6.45) is 0. The molecule has 14 heavy (non-hydrogen) atoms. The maximum Gasteiger partial charge on any atom is 0.274 e. The van der Waals surface area contributed by atoms with Gasteiger partial charge in [-0.15, -0.1) is 0 Å². The molecule has 0 fully saturated rings. The molecule has 0 heterocycles. The van der Waals surface area contributed by atoms with E-state index in [1.807, 2.05) is 0 Å². The topological polar surface area (TPSA) is 46.2 Å². The normalized spacial score (nSPS) is 14.1. The lowest BCUT2D eigenvalue weighted by molar-refractivity contribution is 0.0150. The van der Waals surface area contributed by atoms with E-state index in [9.17, 15) is 13.9 Å². The fourth-order valence-electron chi connectivity index (χ4n) is 1.28. The molecule has 1 atom stereocenters. The Labute approximate surface area is 81.4 Å². The second-order valence-corrected chi connectivity index (χ2v) is 3.42. The Morgan fingerprint density at radius 2 is 2.00 bits per heavy atom. The van der Waals surface area contributed by atoms with Gasteiger partial charge in [0.15, 0.2) is 0 Å². The van der Waals surface area contributed by atoms with E-state index >= 15 is 0 Å². The highest BCUT2D eigenvalue weighted by Crippen LogP contribution is 2.37. The Bertz CT molecular complexity index is 331. The largest absolute Gasteiger partial charge is 0.507 e. The first-order valence-electron chi connectivity index (χ1n) is 4.29. The molecule has 0 saturated carbocycles. The van der Waals surface area contributed by atoms with Gasteiger partial charge in [-0.3, -0.25) is 0 Å². The summed E-state index contributed by atoms with van der Waals surface area (Å²) in [7, 11) is 0. The summed E-state index contributed by atoms with van der Waals surface area (Å²) in [6.45, 7) is 2.37. The fraction of sp³-hybridized carbons (Fsp3) is 0.400. The van der Waals surface area contributed by atoms with Gasteiger partial charge in [-0.2, -0.15) is 0 Å². The number of hydrogen-bond donors (Lipinski definition) is 2. The summed E-state index contributed by atoms with van der Waals surface area (Å²) in [4.78, 5) is 0. The predicted octanol–water partition coefficient (Wildman–Crippen LogP) is 2.52. The number of alkyl halides is 2. The standard InChI is InChI=1S/C10H13F2NO/c1-6(13)7-4-3-5-8(9(7)14)10(2,11)12/h3-6,14H,13H2,1-2H3/t6-/m1/s1. The molecule has 2 nitrogen and oxygen atoms in total. The average molecular weight is 201 g/mol. The number of halogens is 2. The predicted molar refractivity (Wildman–Crippen MR) is 50.3 cm³/mol. The molecule has 0 aromatic heterocycles. The number of hydrogen-bond acceptors (Lipinski definition) is 2. The van der Waals surface area contributed by atoms with E-state index in [0.29, 0.717) is 5.56 Å². The zero-order chi connectivity index (χ0) is 10.9. The molecule has 1 rings (SSSR count). The molecule has 4 heteroatoms. The minimum atomic E-state index is -3.05. The Morgan fingerprint density at radius 1 is 1.43 bits per heavy atom. The molecule has 3 N–H and O–H groups in total. The lowest BCUT2D eigenvalue weighted by Crippen LogP contribution is -2.11. The number of rotatable bonds is 2. The third kappa shape index (κ3) is 2.01. The van der Waals surface area contributed by atoms with Gasteiger partial charge in [-0.05, 0) is 13.0 Å². The Hall–Kier alpha value is -1.16. The summed E-state index contributed by atoms with van der Waals surface area (Å²) in [5.74, 6) is -3.45. The molecule has 0 aliphatic heterocycles. The Balaban J connectivity index is 3.28. The first-order chi connectivity index (χ1) is 6.34. The van der Waals surface area contributed by atoms with Crippen molar-refractivity contribution in [3.05, 3.63) is 29.3 Å². The van der Waals surface area contributed by atoms with Crippen molar-refractivity contribution >= 4 is 0 Å². The van der Waals surface area contributed by atoms with Crippen LogP contribution in [0.2, 0.25) is 0 Å². The van der Waals surface area contributed by atoms with Gasteiger partial charge in [0, 0.05) is 18.5 Å². The molecular weight excluding hydrogens is 188 g/mol. The van der Waals surface area contributed by atoms with Gasteiger partial charge in [-0.1, -0.05) is 12.1 Å². The van der Waals surface area contributed by atoms with Crippen molar-refractivity contribution in [3.8, 4) is 5.75 Å². The molecule has 0 spiro atoms. The van der Waals surface area contributed by atoms with Crippen LogP contribution < -0.4 is 5.73 Å². The summed E-state index contributed by atoms with van der Waals surface area (Å²) >= 11 is 0. The minimum absolute atomic E-state index is 0.337. The number of nitrogens with two attached hydrogens (primary N) is 1. The van der Waals surface area contributed by atoms with Gasteiger partial charge >= 0.3 is 0 Å². The molecule has 0 amide bonds. The first-order valence-corrected chi connectivity index (χ1v) is 4.29. The highest BCUT2D eigenvalue weighted by atomic mass is 19.3. The SMILES string of the molecule is C[C@@H](N)c1cccc(C(C)(F)F)c1O. The van der Waals surface area contributed by atoms with Crippen LogP contribution in [0.25, 0.3) is 0 Å². The van der Waals surface area contributed by atoms with E-state index < -0.39 is 17.7 Å². The van der Waals surface area contributed by atoms with Crippen LogP contribution in [0.4, 0.5) is 8.78 Å².